The van der Waals surface area contributed by atoms with Gasteiger partial charge in [-0.1, -0.05) is 19.1 Å². The number of aromatic nitrogens is 3. The van der Waals surface area contributed by atoms with Gasteiger partial charge >= 0.3 is 0 Å². The van der Waals surface area contributed by atoms with Gasteiger partial charge in [-0.25, -0.2) is 9.97 Å². The zero-order valence-electron chi connectivity index (χ0n) is 14.1. The van der Waals surface area contributed by atoms with Crippen LogP contribution in [0.2, 0.25) is 0 Å². The maximum atomic E-state index is 12.4. The van der Waals surface area contributed by atoms with E-state index in [-0.39, 0.29) is 11.5 Å². The first-order valence-corrected chi connectivity index (χ1v) is 9.19. The summed E-state index contributed by atoms with van der Waals surface area (Å²) in [7, 11) is 0. The first-order chi connectivity index (χ1) is 12.2. The van der Waals surface area contributed by atoms with Gasteiger partial charge in [0.2, 0.25) is 5.91 Å². The van der Waals surface area contributed by atoms with Crippen LogP contribution in [-0.2, 0) is 24.3 Å². The average Bonchev–Trinajstić information content (AvgIpc) is 3.10. The summed E-state index contributed by atoms with van der Waals surface area (Å²) in [4.78, 5) is 33.0. The Kier molecular flexibility index (Phi) is 5.55. The molecule has 0 radical (unpaired) electrons. The number of thiazole rings is 1. The van der Waals surface area contributed by atoms with Gasteiger partial charge in [-0.3, -0.25) is 14.2 Å². The van der Waals surface area contributed by atoms with E-state index >= 15 is 0 Å². The Labute approximate surface area is 149 Å². The van der Waals surface area contributed by atoms with Crippen LogP contribution in [0.1, 0.15) is 30.5 Å². The Morgan fingerprint density at radius 3 is 2.96 bits per heavy atom. The van der Waals surface area contributed by atoms with Crippen molar-refractivity contribution in [3.05, 3.63) is 57.0 Å². The number of nitrogens with zero attached hydrogens (tertiary/aromatic N) is 3. The molecule has 1 N–H and O–H groups in total. The van der Waals surface area contributed by atoms with Crippen molar-refractivity contribution in [3.63, 3.8) is 0 Å². The molecule has 0 atom stereocenters. The number of para-hydroxylation sites is 1. The van der Waals surface area contributed by atoms with Crippen LogP contribution in [0.4, 0.5) is 0 Å². The zero-order chi connectivity index (χ0) is 17.6. The third-order valence-electron chi connectivity index (χ3n) is 3.93. The summed E-state index contributed by atoms with van der Waals surface area (Å²) < 4.78 is 1.56. The van der Waals surface area contributed by atoms with Crippen LogP contribution >= 0.6 is 11.3 Å². The van der Waals surface area contributed by atoms with Gasteiger partial charge < -0.3 is 5.32 Å². The van der Waals surface area contributed by atoms with Gasteiger partial charge in [0.25, 0.3) is 5.56 Å². The summed E-state index contributed by atoms with van der Waals surface area (Å²) in [5.41, 5.74) is 1.68. The normalized spacial score (nSPS) is 10.9. The molecule has 0 unspecified atom stereocenters. The summed E-state index contributed by atoms with van der Waals surface area (Å²) in [5.74, 6) is -0.0324. The Bertz CT molecular complexity index is 932. The molecule has 130 valence electrons. The van der Waals surface area contributed by atoms with Crippen molar-refractivity contribution in [3.8, 4) is 0 Å². The molecule has 0 aliphatic rings. The quantitative estimate of drug-likeness (QED) is 0.706. The van der Waals surface area contributed by atoms with Crippen molar-refractivity contribution >= 4 is 28.1 Å². The molecule has 1 aromatic carbocycles. The highest BCUT2D eigenvalue weighted by Crippen LogP contribution is 2.10. The Morgan fingerprint density at radius 2 is 2.16 bits per heavy atom. The van der Waals surface area contributed by atoms with Crippen LogP contribution in [-0.4, -0.2) is 20.4 Å². The third-order valence-corrected chi connectivity index (χ3v) is 4.83. The molecule has 6 nitrogen and oxygen atoms in total. The molecule has 0 saturated carbocycles. The molecule has 0 aliphatic heterocycles. The molecule has 3 rings (SSSR count). The molecule has 1 amide bonds. The highest BCUT2D eigenvalue weighted by atomic mass is 32.1. The Morgan fingerprint density at radius 1 is 1.32 bits per heavy atom. The number of fused-ring (bicyclic) bond motifs is 1. The molecule has 0 spiro atoms. The first-order valence-electron chi connectivity index (χ1n) is 8.31. The van der Waals surface area contributed by atoms with Gasteiger partial charge in [-0.2, -0.15) is 0 Å². The lowest BCUT2D eigenvalue weighted by Gasteiger charge is -2.07. The second kappa shape index (κ2) is 8.02. The monoisotopic (exact) mass is 356 g/mol. The number of hydrogen-bond acceptors (Lipinski definition) is 5. The van der Waals surface area contributed by atoms with E-state index in [2.05, 4.69) is 22.2 Å². The van der Waals surface area contributed by atoms with E-state index in [1.807, 2.05) is 23.6 Å². The largest absolute Gasteiger partial charge is 0.350 e. The van der Waals surface area contributed by atoms with E-state index < -0.39 is 0 Å². The molecule has 0 bridgehead atoms. The van der Waals surface area contributed by atoms with Gasteiger partial charge in [-0.05, 0) is 25.0 Å². The van der Waals surface area contributed by atoms with Gasteiger partial charge in [0.05, 0.1) is 29.5 Å². The van der Waals surface area contributed by atoms with E-state index in [0.29, 0.717) is 36.8 Å². The smallest absolute Gasteiger partial charge is 0.261 e. The summed E-state index contributed by atoms with van der Waals surface area (Å²) in [6.45, 7) is 2.99. The highest BCUT2D eigenvalue weighted by molar-refractivity contribution is 7.09. The number of hydrogen-bond donors (Lipinski definition) is 1. The van der Waals surface area contributed by atoms with Crippen LogP contribution in [0.15, 0.2) is 40.8 Å². The lowest BCUT2D eigenvalue weighted by Crippen LogP contribution is -2.24. The minimum absolute atomic E-state index is 0.0324. The molecule has 7 heteroatoms. The Hall–Kier alpha value is -2.54. The highest BCUT2D eigenvalue weighted by Gasteiger charge is 2.06. The van der Waals surface area contributed by atoms with E-state index in [1.165, 1.54) is 0 Å². The number of benzene rings is 1. The molecule has 2 aromatic heterocycles. The number of nitrogens with one attached hydrogen (secondary N) is 1. The molecule has 0 fully saturated rings. The predicted octanol–water partition coefficient (Wildman–Crippen LogP) is 2.51. The van der Waals surface area contributed by atoms with Crippen molar-refractivity contribution in [2.24, 2.45) is 0 Å². The van der Waals surface area contributed by atoms with E-state index in [1.54, 1.807) is 28.3 Å². The van der Waals surface area contributed by atoms with Crippen molar-refractivity contribution in [1.29, 1.82) is 0 Å². The lowest BCUT2D eigenvalue weighted by molar-refractivity contribution is -0.121. The first kappa shape index (κ1) is 17.3. The SMILES string of the molecule is CCc1csc(CNC(=O)CCCn2cnc3ccccc3c2=O)n1. The van der Waals surface area contributed by atoms with Crippen LogP contribution < -0.4 is 10.9 Å². The summed E-state index contributed by atoms with van der Waals surface area (Å²) in [6, 6.07) is 7.27. The fourth-order valence-electron chi connectivity index (χ4n) is 2.53. The fraction of sp³-hybridized carbons (Fsp3) is 0.333. The van der Waals surface area contributed by atoms with E-state index in [9.17, 15) is 9.59 Å². The van der Waals surface area contributed by atoms with Crippen LogP contribution in [0.5, 0.6) is 0 Å². The van der Waals surface area contributed by atoms with Crippen molar-refractivity contribution < 1.29 is 4.79 Å². The van der Waals surface area contributed by atoms with Gasteiger partial charge in [0, 0.05) is 18.3 Å². The second-order valence-corrected chi connectivity index (χ2v) is 6.67. The third kappa shape index (κ3) is 4.30. The van der Waals surface area contributed by atoms with E-state index in [0.717, 1.165) is 17.1 Å². The van der Waals surface area contributed by atoms with Crippen LogP contribution in [0.3, 0.4) is 0 Å². The average molecular weight is 356 g/mol. The zero-order valence-corrected chi connectivity index (χ0v) is 14.9. The number of rotatable bonds is 7. The summed E-state index contributed by atoms with van der Waals surface area (Å²) >= 11 is 1.56. The van der Waals surface area contributed by atoms with Crippen molar-refractivity contribution in [2.75, 3.05) is 0 Å². The predicted molar refractivity (Wildman–Crippen MR) is 98.6 cm³/mol. The minimum Gasteiger partial charge on any atom is -0.350 e. The number of aryl methyl sites for hydroxylation is 2. The van der Waals surface area contributed by atoms with Crippen molar-refractivity contribution in [1.82, 2.24) is 19.9 Å². The molecule has 3 aromatic rings. The van der Waals surface area contributed by atoms with Gasteiger partial charge in [0.1, 0.15) is 5.01 Å². The summed E-state index contributed by atoms with van der Waals surface area (Å²) in [6.07, 6.45) is 3.40. The van der Waals surface area contributed by atoms with Crippen LogP contribution in [0, 0.1) is 0 Å². The number of carbonyl (C=O) groups is 1. The standard InChI is InChI=1S/C18H20N4O2S/c1-2-13-11-25-17(21-13)10-19-16(23)8-5-9-22-12-20-15-7-4-3-6-14(15)18(22)24/h3-4,6-7,11-12H,2,5,8-10H2,1H3,(H,19,23). The maximum Gasteiger partial charge on any atom is 0.261 e. The molecule has 0 saturated heterocycles. The minimum atomic E-state index is -0.0686. The second-order valence-electron chi connectivity index (χ2n) is 5.73. The molecule has 25 heavy (non-hydrogen) atoms. The molecular weight excluding hydrogens is 336 g/mol. The molecular formula is C18H20N4O2S. The Balaban J connectivity index is 1.50. The number of carbonyl (C=O) groups excluding carboxylic acids is 1. The van der Waals surface area contributed by atoms with E-state index in [4.69, 9.17) is 0 Å². The van der Waals surface area contributed by atoms with Gasteiger partial charge in [-0.15, -0.1) is 11.3 Å². The van der Waals surface area contributed by atoms with Crippen molar-refractivity contribution in [2.45, 2.75) is 39.3 Å². The van der Waals surface area contributed by atoms with Crippen LogP contribution in [0.25, 0.3) is 10.9 Å². The van der Waals surface area contributed by atoms with Gasteiger partial charge in [0.15, 0.2) is 0 Å². The maximum absolute atomic E-state index is 12.4. The fourth-order valence-corrected chi connectivity index (χ4v) is 3.35. The molecule has 2 heterocycles. The molecule has 0 aliphatic carbocycles. The topological polar surface area (TPSA) is 76.9 Å². The number of amides is 1. The lowest BCUT2D eigenvalue weighted by atomic mass is 10.2. The summed E-state index contributed by atoms with van der Waals surface area (Å²) in [5, 5.41) is 6.41.